The van der Waals surface area contributed by atoms with Crippen LogP contribution in [0.3, 0.4) is 0 Å². The second kappa shape index (κ2) is 6.38. The van der Waals surface area contributed by atoms with Crippen molar-refractivity contribution < 1.29 is 9.32 Å². The molecule has 0 radical (unpaired) electrons. The standard InChI is InChI=1S/C13H15N3O2S/c1-9-15-12(16-18-9)8-14-13(17)11(19)7-10-5-3-2-4-6-10/h2-6,11,19H,7-8H2,1H3,(H,14,17). The van der Waals surface area contributed by atoms with Crippen LogP contribution in [0.4, 0.5) is 0 Å². The molecule has 0 aliphatic carbocycles. The highest BCUT2D eigenvalue weighted by Gasteiger charge is 2.15. The van der Waals surface area contributed by atoms with E-state index in [9.17, 15) is 4.79 Å². The van der Waals surface area contributed by atoms with E-state index in [4.69, 9.17) is 4.52 Å². The van der Waals surface area contributed by atoms with E-state index < -0.39 is 5.25 Å². The van der Waals surface area contributed by atoms with Crippen molar-refractivity contribution in [3.63, 3.8) is 0 Å². The number of nitrogens with zero attached hydrogens (tertiary/aromatic N) is 2. The highest BCUT2D eigenvalue weighted by molar-refractivity contribution is 7.81. The number of nitrogens with one attached hydrogen (secondary N) is 1. The highest BCUT2D eigenvalue weighted by atomic mass is 32.1. The molecule has 0 aliphatic heterocycles. The quantitative estimate of drug-likeness (QED) is 0.813. The van der Waals surface area contributed by atoms with Crippen molar-refractivity contribution in [1.82, 2.24) is 15.5 Å². The lowest BCUT2D eigenvalue weighted by molar-refractivity contribution is -0.120. The normalized spacial score (nSPS) is 12.1. The molecule has 19 heavy (non-hydrogen) atoms. The first kappa shape index (κ1) is 13.6. The number of hydrogen-bond donors (Lipinski definition) is 2. The van der Waals surface area contributed by atoms with E-state index in [1.807, 2.05) is 30.3 Å². The van der Waals surface area contributed by atoms with Gasteiger partial charge in [0.2, 0.25) is 11.8 Å². The molecule has 0 fully saturated rings. The molecule has 6 heteroatoms. The van der Waals surface area contributed by atoms with Gasteiger partial charge in [0.05, 0.1) is 11.8 Å². The zero-order valence-electron chi connectivity index (χ0n) is 10.5. The fraction of sp³-hybridized carbons (Fsp3) is 0.308. The molecule has 0 bridgehead atoms. The van der Waals surface area contributed by atoms with Gasteiger partial charge in [-0.15, -0.1) is 0 Å². The molecule has 2 aromatic rings. The van der Waals surface area contributed by atoms with E-state index >= 15 is 0 Å². The number of aryl methyl sites for hydroxylation is 1. The second-order valence-electron chi connectivity index (χ2n) is 4.15. The number of aromatic nitrogens is 2. The van der Waals surface area contributed by atoms with E-state index in [2.05, 4.69) is 28.1 Å². The molecular weight excluding hydrogens is 262 g/mol. The Morgan fingerprint density at radius 1 is 1.42 bits per heavy atom. The maximum atomic E-state index is 11.9. The lowest BCUT2D eigenvalue weighted by atomic mass is 10.1. The zero-order valence-corrected chi connectivity index (χ0v) is 11.4. The van der Waals surface area contributed by atoms with Gasteiger partial charge in [-0.25, -0.2) is 0 Å². The van der Waals surface area contributed by atoms with E-state index in [1.54, 1.807) is 6.92 Å². The molecular formula is C13H15N3O2S. The largest absolute Gasteiger partial charge is 0.348 e. The van der Waals surface area contributed by atoms with E-state index in [-0.39, 0.29) is 12.5 Å². The van der Waals surface area contributed by atoms with Gasteiger partial charge in [-0.1, -0.05) is 35.5 Å². The summed E-state index contributed by atoms with van der Waals surface area (Å²) in [5.74, 6) is 0.802. The monoisotopic (exact) mass is 277 g/mol. The van der Waals surface area contributed by atoms with Crippen LogP contribution >= 0.6 is 12.6 Å². The van der Waals surface area contributed by atoms with E-state index in [0.29, 0.717) is 18.1 Å². The number of amides is 1. The van der Waals surface area contributed by atoms with Crippen molar-refractivity contribution in [2.75, 3.05) is 0 Å². The van der Waals surface area contributed by atoms with Gasteiger partial charge in [0, 0.05) is 6.92 Å². The Balaban J connectivity index is 1.82. The molecule has 1 N–H and O–H groups in total. The fourth-order valence-corrected chi connectivity index (χ4v) is 1.93. The summed E-state index contributed by atoms with van der Waals surface area (Å²) in [6.45, 7) is 1.96. The van der Waals surface area contributed by atoms with Gasteiger partial charge in [-0.2, -0.15) is 17.6 Å². The summed E-state index contributed by atoms with van der Waals surface area (Å²) in [6, 6.07) is 9.76. The fourth-order valence-electron chi connectivity index (χ4n) is 1.63. The number of hydrogen-bond acceptors (Lipinski definition) is 5. The van der Waals surface area contributed by atoms with Crippen LogP contribution < -0.4 is 5.32 Å². The predicted octanol–water partition coefficient (Wildman–Crippen LogP) is 1.54. The van der Waals surface area contributed by atoms with Gasteiger partial charge in [0.15, 0.2) is 5.82 Å². The van der Waals surface area contributed by atoms with Crippen LogP contribution in [-0.2, 0) is 17.8 Å². The molecule has 0 aliphatic rings. The number of carbonyl (C=O) groups is 1. The molecule has 2 rings (SSSR count). The summed E-state index contributed by atoms with van der Waals surface area (Å²) in [4.78, 5) is 15.9. The summed E-state index contributed by atoms with van der Waals surface area (Å²) in [5, 5.41) is 6.04. The van der Waals surface area contributed by atoms with Gasteiger partial charge in [-0.05, 0) is 12.0 Å². The minimum Gasteiger partial charge on any atom is -0.348 e. The number of carbonyl (C=O) groups excluding carboxylic acids is 1. The van der Waals surface area contributed by atoms with Gasteiger partial charge >= 0.3 is 0 Å². The van der Waals surface area contributed by atoms with Gasteiger partial charge < -0.3 is 9.84 Å². The van der Waals surface area contributed by atoms with Crippen LogP contribution in [0.25, 0.3) is 0 Å². The first-order chi connectivity index (χ1) is 9.15. The summed E-state index contributed by atoms with van der Waals surface area (Å²) < 4.78 is 4.82. The van der Waals surface area contributed by atoms with Crippen molar-refractivity contribution >= 4 is 18.5 Å². The second-order valence-corrected chi connectivity index (χ2v) is 4.78. The molecule has 1 heterocycles. The molecule has 1 amide bonds. The van der Waals surface area contributed by atoms with Crippen molar-refractivity contribution in [3.8, 4) is 0 Å². The Morgan fingerprint density at radius 2 is 2.16 bits per heavy atom. The number of benzene rings is 1. The molecule has 5 nitrogen and oxygen atoms in total. The van der Waals surface area contributed by atoms with Crippen LogP contribution in [0.15, 0.2) is 34.9 Å². The Bertz CT molecular complexity index is 542. The minimum atomic E-state index is -0.393. The van der Waals surface area contributed by atoms with Crippen molar-refractivity contribution in [3.05, 3.63) is 47.6 Å². The molecule has 100 valence electrons. The Labute approximate surface area is 116 Å². The number of rotatable bonds is 5. The first-order valence-electron chi connectivity index (χ1n) is 5.94. The third-order valence-electron chi connectivity index (χ3n) is 2.56. The Hall–Kier alpha value is -1.82. The van der Waals surface area contributed by atoms with Crippen molar-refractivity contribution in [2.24, 2.45) is 0 Å². The van der Waals surface area contributed by atoms with Crippen LogP contribution in [0.1, 0.15) is 17.3 Å². The van der Waals surface area contributed by atoms with Gasteiger partial charge in [-0.3, -0.25) is 4.79 Å². The van der Waals surface area contributed by atoms with Crippen molar-refractivity contribution in [2.45, 2.75) is 25.1 Å². The van der Waals surface area contributed by atoms with E-state index in [0.717, 1.165) is 5.56 Å². The number of thiol groups is 1. The summed E-state index contributed by atoms with van der Waals surface area (Å²) in [6.07, 6.45) is 0.584. The smallest absolute Gasteiger partial charge is 0.233 e. The molecule has 1 atom stereocenters. The summed E-state index contributed by atoms with van der Waals surface area (Å²) in [5.41, 5.74) is 1.08. The van der Waals surface area contributed by atoms with E-state index in [1.165, 1.54) is 0 Å². The van der Waals surface area contributed by atoms with Gasteiger partial charge in [0.25, 0.3) is 0 Å². The van der Waals surface area contributed by atoms with Gasteiger partial charge in [0.1, 0.15) is 0 Å². The minimum absolute atomic E-state index is 0.144. The lowest BCUT2D eigenvalue weighted by Crippen LogP contribution is -2.32. The van der Waals surface area contributed by atoms with Crippen LogP contribution in [0.5, 0.6) is 0 Å². The third kappa shape index (κ3) is 4.10. The van der Waals surface area contributed by atoms with Crippen LogP contribution in [0.2, 0.25) is 0 Å². The predicted molar refractivity (Wildman–Crippen MR) is 73.8 cm³/mol. The average molecular weight is 277 g/mol. The Kier molecular flexibility index (Phi) is 4.57. The lowest BCUT2D eigenvalue weighted by Gasteiger charge is -2.10. The molecule has 1 aromatic heterocycles. The zero-order chi connectivity index (χ0) is 13.7. The summed E-state index contributed by atoms with van der Waals surface area (Å²) in [7, 11) is 0. The SMILES string of the molecule is Cc1nc(CNC(=O)C(S)Cc2ccccc2)no1. The maximum Gasteiger partial charge on any atom is 0.233 e. The third-order valence-corrected chi connectivity index (χ3v) is 2.98. The molecule has 0 saturated carbocycles. The van der Waals surface area contributed by atoms with Crippen LogP contribution in [0, 0.1) is 6.92 Å². The molecule has 0 spiro atoms. The molecule has 1 aromatic carbocycles. The van der Waals surface area contributed by atoms with Crippen molar-refractivity contribution in [1.29, 1.82) is 0 Å². The topological polar surface area (TPSA) is 68.0 Å². The maximum absolute atomic E-state index is 11.9. The molecule has 1 unspecified atom stereocenters. The molecule has 0 saturated heterocycles. The highest BCUT2D eigenvalue weighted by Crippen LogP contribution is 2.08. The first-order valence-corrected chi connectivity index (χ1v) is 6.45. The van der Waals surface area contributed by atoms with Crippen LogP contribution in [-0.4, -0.2) is 21.3 Å². The average Bonchev–Trinajstić information content (AvgIpc) is 2.83. The summed E-state index contributed by atoms with van der Waals surface area (Å²) >= 11 is 4.31. The Morgan fingerprint density at radius 3 is 2.79 bits per heavy atom.